The number of morpholine rings is 1. The van der Waals surface area contributed by atoms with E-state index in [2.05, 4.69) is 31.0 Å². The molecule has 2 aliphatic heterocycles. The van der Waals surface area contributed by atoms with Crippen LogP contribution in [0.5, 0.6) is 0 Å². The fourth-order valence-electron chi connectivity index (χ4n) is 3.35. The molecule has 4 atom stereocenters. The fourth-order valence-corrected chi connectivity index (χ4v) is 3.35. The first-order valence-electron chi connectivity index (χ1n) is 8.41. The lowest BCUT2D eigenvalue weighted by atomic mass is 9.97. The van der Waals surface area contributed by atoms with E-state index in [9.17, 15) is 0 Å². The minimum atomic E-state index is 0.365. The molecule has 4 unspecified atom stereocenters. The molecule has 0 saturated carbocycles. The van der Waals surface area contributed by atoms with Crippen LogP contribution in [0, 0.1) is 5.92 Å². The molecule has 0 amide bonds. The van der Waals surface area contributed by atoms with Gasteiger partial charge in [-0.25, -0.2) is 0 Å². The van der Waals surface area contributed by atoms with Gasteiger partial charge in [-0.3, -0.25) is 4.90 Å². The quantitative estimate of drug-likeness (QED) is 0.774. The minimum absolute atomic E-state index is 0.365. The molecule has 2 saturated heterocycles. The summed E-state index contributed by atoms with van der Waals surface area (Å²) >= 11 is 0. The summed E-state index contributed by atoms with van der Waals surface area (Å²) in [6.07, 6.45) is 3.94. The Kier molecular flexibility index (Phi) is 6.75. The van der Waals surface area contributed by atoms with Crippen molar-refractivity contribution < 1.29 is 9.47 Å². The summed E-state index contributed by atoms with van der Waals surface area (Å²) in [4.78, 5) is 2.64. The van der Waals surface area contributed by atoms with Crippen molar-refractivity contribution in [1.82, 2.24) is 10.2 Å². The molecule has 2 rings (SSSR count). The topological polar surface area (TPSA) is 33.7 Å². The third-order valence-electron chi connectivity index (χ3n) is 4.67. The van der Waals surface area contributed by atoms with Gasteiger partial charge in [0.25, 0.3) is 0 Å². The van der Waals surface area contributed by atoms with Crippen LogP contribution >= 0.6 is 0 Å². The molecule has 20 heavy (non-hydrogen) atoms. The van der Waals surface area contributed by atoms with Crippen molar-refractivity contribution in [3.05, 3.63) is 0 Å². The third kappa shape index (κ3) is 4.42. The highest BCUT2D eigenvalue weighted by Crippen LogP contribution is 2.21. The van der Waals surface area contributed by atoms with Gasteiger partial charge in [0.15, 0.2) is 0 Å². The van der Waals surface area contributed by atoms with Gasteiger partial charge in [-0.2, -0.15) is 0 Å². The molecular formula is C16H32N2O2. The Bertz CT molecular complexity index is 269. The number of nitrogens with zero attached hydrogens (tertiary/aromatic N) is 1. The number of rotatable bonds is 7. The Morgan fingerprint density at radius 3 is 2.80 bits per heavy atom. The van der Waals surface area contributed by atoms with Crippen molar-refractivity contribution in [1.29, 1.82) is 0 Å². The van der Waals surface area contributed by atoms with Crippen LogP contribution in [0.1, 0.15) is 40.0 Å². The minimum Gasteiger partial charge on any atom is -0.381 e. The van der Waals surface area contributed by atoms with Crippen LogP contribution in [0.25, 0.3) is 0 Å². The van der Waals surface area contributed by atoms with Crippen LogP contribution in [0.2, 0.25) is 0 Å². The second-order valence-electron chi connectivity index (χ2n) is 6.34. The molecule has 0 radical (unpaired) electrons. The van der Waals surface area contributed by atoms with Crippen LogP contribution in [0.3, 0.4) is 0 Å². The van der Waals surface area contributed by atoms with E-state index < -0.39 is 0 Å². The van der Waals surface area contributed by atoms with Crippen molar-refractivity contribution in [2.45, 2.75) is 58.2 Å². The molecule has 0 bridgehead atoms. The summed E-state index contributed by atoms with van der Waals surface area (Å²) in [6, 6.07) is 1.15. The van der Waals surface area contributed by atoms with Crippen LogP contribution in [0.15, 0.2) is 0 Å². The zero-order valence-corrected chi connectivity index (χ0v) is 13.4. The van der Waals surface area contributed by atoms with Gasteiger partial charge in [-0.1, -0.05) is 13.8 Å². The molecule has 0 aromatic heterocycles. The van der Waals surface area contributed by atoms with Crippen molar-refractivity contribution >= 4 is 0 Å². The maximum Gasteiger partial charge on any atom is 0.0674 e. The van der Waals surface area contributed by atoms with Gasteiger partial charge in [0.05, 0.1) is 19.3 Å². The predicted octanol–water partition coefficient (Wildman–Crippen LogP) is 1.89. The Morgan fingerprint density at radius 1 is 1.30 bits per heavy atom. The molecule has 1 N–H and O–H groups in total. The molecule has 2 heterocycles. The molecular weight excluding hydrogens is 252 g/mol. The highest BCUT2D eigenvalue weighted by atomic mass is 16.5. The molecule has 2 aliphatic rings. The molecule has 4 nitrogen and oxygen atoms in total. The summed E-state index contributed by atoms with van der Waals surface area (Å²) in [7, 11) is 0. The maximum atomic E-state index is 5.81. The fraction of sp³-hybridized carbons (Fsp3) is 1.00. The second kappa shape index (κ2) is 8.32. The van der Waals surface area contributed by atoms with Crippen LogP contribution in [-0.4, -0.2) is 62.5 Å². The third-order valence-corrected chi connectivity index (χ3v) is 4.67. The van der Waals surface area contributed by atoms with Gasteiger partial charge in [0, 0.05) is 37.7 Å². The number of hydrogen-bond acceptors (Lipinski definition) is 4. The maximum absolute atomic E-state index is 5.81. The van der Waals surface area contributed by atoms with E-state index in [1.54, 1.807) is 0 Å². The number of ether oxygens (including phenoxy) is 2. The highest BCUT2D eigenvalue weighted by Gasteiger charge is 2.31. The Labute approximate surface area is 124 Å². The van der Waals surface area contributed by atoms with Crippen molar-refractivity contribution in [2.24, 2.45) is 5.92 Å². The number of nitrogens with one attached hydrogen (secondary N) is 1. The number of hydrogen-bond donors (Lipinski definition) is 1. The van der Waals surface area contributed by atoms with E-state index in [-0.39, 0.29) is 0 Å². The molecule has 4 heteroatoms. The summed E-state index contributed by atoms with van der Waals surface area (Å²) in [5.41, 5.74) is 0. The van der Waals surface area contributed by atoms with Crippen molar-refractivity contribution in [3.8, 4) is 0 Å². The Morgan fingerprint density at radius 2 is 2.15 bits per heavy atom. The zero-order valence-electron chi connectivity index (χ0n) is 13.4. The molecule has 0 aromatic carbocycles. The summed E-state index contributed by atoms with van der Waals surface area (Å²) in [5, 5.41) is 3.76. The van der Waals surface area contributed by atoms with Gasteiger partial charge < -0.3 is 14.8 Å². The zero-order chi connectivity index (χ0) is 14.4. The van der Waals surface area contributed by atoms with Crippen molar-refractivity contribution in [2.75, 3.05) is 39.5 Å². The van der Waals surface area contributed by atoms with Gasteiger partial charge in [-0.05, 0) is 32.7 Å². The first-order valence-corrected chi connectivity index (χ1v) is 8.41. The second-order valence-corrected chi connectivity index (χ2v) is 6.34. The normalized spacial score (nSPS) is 33.5. The monoisotopic (exact) mass is 284 g/mol. The molecule has 2 fully saturated rings. The highest BCUT2D eigenvalue weighted by molar-refractivity contribution is 4.86. The first kappa shape index (κ1) is 16.2. The summed E-state index contributed by atoms with van der Waals surface area (Å²) in [5.74, 6) is 0.678. The van der Waals surface area contributed by atoms with Crippen molar-refractivity contribution in [3.63, 3.8) is 0 Å². The van der Waals surface area contributed by atoms with E-state index in [4.69, 9.17) is 9.47 Å². The summed E-state index contributed by atoms with van der Waals surface area (Å²) < 4.78 is 11.4. The average molecular weight is 284 g/mol. The summed E-state index contributed by atoms with van der Waals surface area (Å²) in [6.45, 7) is 12.8. The lowest BCUT2D eigenvalue weighted by Gasteiger charge is -2.41. The Hall–Kier alpha value is -0.160. The molecule has 0 aliphatic carbocycles. The van der Waals surface area contributed by atoms with Gasteiger partial charge >= 0.3 is 0 Å². The van der Waals surface area contributed by atoms with E-state index >= 15 is 0 Å². The average Bonchev–Trinajstić information content (AvgIpc) is 2.97. The first-order chi connectivity index (χ1) is 9.74. The van der Waals surface area contributed by atoms with Crippen LogP contribution in [0.4, 0.5) is 0 Å². The van der Waals surface area contributed by atoms with E-state index in [0.29, 0.717) is 24.1 Å². The molecule has 118 valence electrons. The van der Waals surface area contributed by atoms with Gasteiger partial charge in [0.1, 0.15) is 0 Å². The smallest absolute Gasteiger partial charge is 0.0674 e. The predicted molar refractivity (Wildman–Crippen MR) is 82.1 cm³/mol. The van der Waals surface area contributed by atoms with E-state index in [0.717, 1.165) is 39.5 Å². The Balaban J connectivity index is 1.93. The SMILES string of the molecule is CCCNC(CN1CC(C)OCC1CC)C1CCOC1. The van der Waals surface area contributed by atoms with Gasteiger partial charge in [-0.15, -0.1) is 0 Å². The largest absolute Gasteiger partial charge is 0.381 e. The lowest BCUT2D eigenvalue weighted by molar-refractivity contribution is -0.0604. The molecule has 0 aromatic rings. The lowest BCUT2D eigenvalue weighted by Crippen LogP contribution is -2.55. The van der Waals surface area contributed by atoms with Crippen LogP contribution in [-0.2, 0) is 9.47 Å². The van der Waals surface area contributed by atoms with E-state index in [1.165, 1.54) is 19.3 Å². The van der Waals surface area contributed by atoms with Crippen LogP contribution < -0.4 is 5.32 Å². The standard InChI is InChI=1S/C16H32N2O2/c1-4-7-17-16(14-6-8-19-11-14)10-18-9-13(3)20-12-15(18)5-2/h13-17H,4-12H2,1-3H3. The van der Waals surface area contributed by atoms with E-state index in [1.807, 2.05) is 0 Å². The molecule has 0 spiro atoms. The van der Waals surface area contributed by atoms with Gasteiger partial charge in [0.2, 0.25) is 0 Å².